The van der Waals surface area contributed by atoms with Gasteiger partial charge in [0.15, 0.2) is 0 Å². The molecule has 0 radical (unpaired) electrons. The molecular weight excluding hydrogens is 594 g/mol. The lowest BCUT2D eigenvalue weighted by molar-refractivity contribution is -0.137. The zero-order valence-electron chi connectivity index (χ0n) is 27.2. The van der Waals surface area contributed by atoms with E-state index in [-0.39, 0.29) is 12.4 Å². The number of nitrogens with zero attached hydrogens (tertiary/aromatic N) is 4. The van der Waals surface area contributed by atoms with Crippen LogP contribution in [0.5, 0.6) is 0 Å². The van der Waals surface area contributed by atoms with Gasteiger partial charge in [-0.15, -0.1) is 0 Å². The summed E-state index contributed by atoms with van der Waals surface area (Å²) in [5, 5.41) is 14.6. The number of fused-ring (bicyclic) bond motifs is 1. The van der Waals surface area contributed by atoms with Gasteiger partial charge < -0.3 is 10.2 Å². The molecule has 0 saturated carbocycles. The van der Waals surface area contributed by atoms with E-state index in [0.717, 1.165) is 44.2 Å². The van der Waals surface area contributed by atoms with Crippen molar-refractivity contribution in [3.05, 3.63) is 123 Å². The predicted molar refractivity (Wildman–Crippen MR) is 189 cm³/mol. The van der Waals surface area contributed by atoms with Crippen molar-refractivity contribution in [1.82, 2.24) is 10.3 Å². The van der Waals surface area contributed by atoms with Crippen LogP contribution in [0.1, 0.15) is 42.7 Å². The fraction of sp³-hybridized carbons (Fsp3) is 0.263. The van der Waals surface area contributed by atoms with Crippen LogP contribution in [0.15, 0.2) is 90.4 Å². The molecule has 1 fully saturated rings. The molecule has 0 atom stereocenters. The number of alkyl halides is 3. The van der Waals surface area contributed by atoms with Gasteiger partial charge in [0.2, 0.25) is 0 Å². The molecule has 2 aromatic carbocycles. The lowest BCUT2D eigenvalue weighted by Gasteiger charge is -2.37. The van der Waals surface area contributed by atoms with E-state index in [4.69, 9.17) is 4.98 Å². The number of nitriles is 1. The third-order valence-corrected chi connectivity index (χ3v) is 8.78. The number of aromatic nitrogens is 1. The summed E-state index contributed by atoms with van der Waals surface area (Å²) in [6.07, 6.45) is 8.87. The third-order valence-electron chi connectivity index (χ3n) is 8.78. The molecule has 9 heteroatoms. The highest BCUT2D eigenvalue weighted by molar-refractivity contribution is 6.67. The first-order chi connectivity index (χ1) is 22.5. The SMILES string of the molecule is C=C(/C=C\c1ncc2c(c1C)N(c1ccc(N3CCB(C#N)CC3)c(C(F)(F)F)c1)/C(=C\CC)NC2)C(=CC)/C=c1/ccccc1=C. The van der Waals surface area contributed by atoms with Crippen molar-refractivity contribution in [3.8, 4) is 5.97 Å². The highest BCUT2D eigenvalue weighted by Crippen LogP contribution is 2.44. The molecule has 1 N–H and O–H groups in total. The van der Waals surface area contributed by atoms with Crippen LogP contribution in [-0.4, -0.2) is 24.8 Å². The minimum Gasteiger partial charge on any atom is -0.372 e. The molecular formula is C38H39BF3N5. The van der Waals surface area contributed by atoms with E-state index in [1.54, 1.807) is 23.2 Å². The molecule has 1 saturated heterocycles. The summed E-state index contributed by atoms with van der Waals surface area (Å²) in [6.45, 7) is 15.5. The van der Waals surface area contributed by atoms with Crippen LogP contribution >= 0.6 is 0 Å². The molecule has 3 aromatic rings. The van der Waals surface area contributed by atoms with Gasteiger partial charge in [-0.3, -0.25) is 9.88 Å². The number of rotatable bonds is 7. The summed E-state index contributed by atoms with van der Waals surface area (Å²) in [5.41, 5.74) is 4.86. The Hall–Kier alpha value is -4.97. The molecule has 0 spiro atoms. The van der Waals surface area contributed by atoms with Gasteiger partial charge in [-0.25, -0.2) is 5.26 Å². The standard InChI is InChI=1S/C38H39BF3N5/c1-6-10-36-45-24-31-23-44-34(15-13-27(4)29(7-2)21-30-12-9-8-11-26(30)3)28(5)37(31)47(36)32-14-16-35(33(22-32)38(40,41)42)46-19-17-39(25-43)18-20-46/h7-16,21-23,45H,3-4,6,17-20,24H2,1-2,5H3/b15-13-,29-7?,30-21-,36-10-. The topological polar surface area (TPSA) is 55.2 Å². The lowest BCUT2D eigenvalue weighted by Crippen LogP contribution is -2.38. The number of anilines is 3. The molecule has 240 valence electrons. The molecule has 0 aliphatic carbocycles. The maximum absolute atomic E-state index is 14.6. The third kappa shape index (κ3) is 7.22. The van der Waals surface area contributed by atoms with E-state index in [0.29, 0.717) is 50.1 Å². The van der Waals surface area contributed by atoms with Crippen molar-refractivity contribution in [2.75, 3.05) is 22.9 Å². The van der Waals surface area contributed by atoms with E-state index >= 15 is 0 Å². The Morgan fingerprint density at radius 3 is 2.57 bits per heavy atom. The molecule has 1 aromatic heterocycles. The van der Waals surface area contributed by atoms with Crippen LogP contribution in [0, 0.1) is 18.2 Å². The van der Waals surface area contributed by atoms with Gasteiger partial charge in [0.1, 0.15) is 5.82 Å². The largest absolute Gasteiger partial charge is 0.418 e. The summed E-state index contributed by atoms with van der Waals surface area (Å²) in [5.74, 6) is 2.98. The Morgan fingerprint density at radius 1 is 1.17 bits per heavy atom. The number of hydrogen-bond donors (Lipinski definition) is 1. The van der Waals surface area contributed by atoms with E-state index < -0.39 is 11.7 Å². The average molecular weight is 634 g/mol. The van der Waals surface area contributed by atoms with Crippen LogP contribution in [0.4, 0.5) is 30.2 Å². The monoisotopic (exact) mass is 633 g/mol. The normalized spacial score (nSPS) is 16.8. The van der Waals surface area contributed by atoms with Crippen molar-refractivity contribution in [1.29, 1.82) is 5.26 Å². The minimum absolute atomic E-state index is 0.123. The Labute approximate surface area is 275 Å². The van der Waals surface area contributed by atoms with Crippen molar-refractivity contribution < 1.29 is 13.2 Å². The lowest BCUT2D eigenvalue weighted by atomic mass is 9.45. The van der Waals surface area contributed by atoms with Crippen LogP contribution < -0.4 is 25.6 Å². The maximum Gasteiger partial charge on any atom is 0.418 e. The zero-order chi connectivity index (χ0) is 33.7. The number of benzene rings is 2. The molecule has 0 amide bonds. The maximum atomic E-state index is 14.6. The Balaban J connectivity index is 1.55. The fourth-order valence-corrected chi connectivity index (χ4v) is 6.18. The van der Waals surface area contributed by atoms with Gasteiger partial charge in [0.25, 0.3) is 6.71 Å². The Morgan fingerprint density at radius 2 is 1.91 bits per heavy atom. The molecule has 47 heavy (non-hydrogen) atoms. The number of halogens is 3. The zero-order valence-corrected chi connectivity index (χ0v) is 27.2. The van der Waals surface area contributed by atoms with Crippen molar-refractivity contribution in [2.24, 2.45) is 0 Å². The van der Waals surface area contributed by atoms with Crippen molar-refractivity contribution in [2.45, 2.75) is 52.6 Å². The second-order valence-corrected chi connectivity index (χ2v) is 11.9. The molecule has 0 bridgehead atoms. The van der Waals surface area contributed by atoms with Crippen molar-refractivity contribution >= 4 is 42.5 Å². The molecule has 5 nitrogen and oxygen atoms in total. The Kier molecular flexibility index (Phi) is 10.1. The minimum atomic E-state index is -4.56. The van der Waals surface area contributed by atoms with Gasteiger partial charge in [0, 0.05) is 48.7 Å². The van der Waals surface area contributed by atoms with Gasteiger partial charge in [-0.2, -0.15) is 13.2 Å². The molecule has 2 aliphatic rings. The number of pyridine rings is 1. The fourth-order valence-electron chi connectivity index (χ4n) is 6.18. The summed E-state index contributed by atoms with van der Waals surface area (Å²) in [4.78, 5) is 8.36. The second kappa shape index (κ2) is 14.2. The highest BCUT2D eigenvalue weighted by atomic mass is 19.4. The number of nitrogens with one attached hydrogen (secondary N) is 1. The van der Waals surface area contributed by atoms with Crippen LogP contribution in [0.2, 0.25) is 12.6 Å². The van der Waals surface area contributed by atoms with E-state index in [1.807, 2.05) is 80.3 Å². The summed E-state index contributed by atoms with van der Waals surface area (Å²) in [6, 6.07) is 12.5. The van der Waals surface area contributed by atoms with E-state index in [2.05, 4.69) is 24.4 Å². The summed E-state index contributed by atoms with van der Waals surface area (Å²) in [7, 11) is 0. The molecule has 0 unspecified atom stereocenters. The first kappa shape index (κ1) is 33.4. The first-order valence-electron chi connectivity index (χ1n) is 15.9. The average Bonchev–Trinajstić information content (AvgIpc) is 3.07. The smallest absolute Gasteiger partial charge is 0.372 e. The van der Waals surface area contributed by atoms with E-state index in [9.17, 15) is 18.4 Å². The quantitative estimate of drug-likeness (QED) is 0.214. The second-order valence-electron chi connectivity index (χ2n) is 11.9. The van der Waals surface area contributed by atoms with Crippen LogP contribution in [-0.2, 0) is 12.7 Å². The molecule has 3 heterocycles. The van der Waals surface area contributed by atoms with Gasteiger partial charge in [-0.1, -0.05) is 56.5 Å². The summed E-state index contributed by atoms with van der Waals surface area (Å²) >= 11 is 0. The molecule has 5 rings (SSSR count). The number of allylic oxidation sites excluding steroid dienone is 5. The number of hydrogen-bond acceptors (Lipinski definition) is 5. The van der Waals surface area contributed by atoms with E-state index in [1.165, 1.54) is 6.07 Å². The molecule has 2 aliphatic heterocycles. The van der Waals surface area contributed by atoms with Gasteiger partial charge in [-0.05, 0) is 96.5 Å². The predicted octanol–water partition coefficient (Wildman–Crippen LogP) is 7.69. The summed E-state index contributed by atoms with van der Waals surface area (Å²) < 4.78 is 43.9. The van der Waals surface area contributed by atoms with Crippen molar-refractivity contribution in [3.63, 3.8) is 0 Å². The first-order valence-corrected chi connectivity index (χ1v) is 15.9. The van der Waals surface area contributed by atoms with Gasteiger partial charge >= 0.3 is 6.18 Å². The van der Waals surface area contributed by atoms with Gasteiger partial charge in [0.05, 0.1) is 16.9 Å². The van der Waals surface area contributed by atoms with Crippen LogP contribution in [0.25, 0.3) is 18.7 Å². The van der Waals surface area contributed by atoms with Crippen LogP contribution in [0.3, 0.4) is 0 Å². The Bertz CT molecular complexity index is 1910. The highest BCUT2D eigenvalue weighted by Gasteiger charge is 2.37.